The van der Waals surface area contributed by atoms with Crippen molar-refractivity contribution in [1.82, 2.24) is 9.80 Å². The van der Waals surface area contributed by atoms with Crippen LogP contribution in [0.3, 0.4) is 0 Å². The van der Waals surface area contributed by atoms with E-state index in [2.05, 4.69) is 31.9 Å². The molecule has 6 atom stereocenters. The molecule has 8 nitrogen and oxygen atoms in total. The number of halogens is 4. The molecule has 3 fully saturated rings. The van der Waals surface area contributed by atoms with Gasteiger partial charge in [0.15, 0.2) is 21.2 Å². The third-order valence-corrected chi connectivity index (χ3v) is 10.2. The molecule has 0 spiro atoms. The van der Waals surface area contributed by atoms with Crippen molar-refractivity contribution in [2.24, 2.45) is 17.8 Å². The Bertz CT molecular complexity index is 1240. The Morgan fingerprint density at radius 2 is 1.83 bits per heavy atom. The minimum atomic E-state index is -1.99. The fourth-order valence-corrected chi connectivity index (χ4v) is 8.10. The lowest BCUT2D eigenvalue weighted by Gasteiger charge is -2.50. The van der Waals surface area contributed by atoms with Crippen molar-refractivity contribution in [2.75, 3.05) is 19.6 Å². The van der Waals surface area contributed by atoms with Gasteiger partial charge in [0, 0.05) is 23.0 Å². The van der Waals surface area contributed by atoms with E-state index in [0.29, 0.717) is 10.0 Å². The first-order valence-corrected chi connectivity index (χ1v) is 13.5. The number of ether oxygens (including phenoxy) is 1. The third-order valence-electron chi connectivity index (χ3n) is 7.84. The SMILES string of the molecule is COc1cc(Br)cc(C2C3=CCC4C(=O)N(C)C(=O)C4C3CC3(Cl)C(=O)N(CBr)C(=O)C23Cl)c1O. The summed E-state index contributed by atoms with van der Waals surface area (Å²) in [5.74, 6) is -5.20. The molecule has 1 N–H and O–H groups in total. The Hall–Kier alpha value is -1.62. The van der Waals surface area contributed by atoms with Crippen LogP contribution in [0, 0.1) is 17.8 Å². The van der Waals surface area contributed by atoms with Crippen molar-refractivity contribution < 1.29 is 29.0 Å². The average molecular weight is 651 g/mol. The number of aromatic hydroxyl groups is 1. The minimum absolute atomic E-state index is 0.103. The van der Waals surface area contributed by atoms with E-state index in [1.165, 1.54) is 14.2 Å². The van der Waals surface area contributed by atoms with Gasteiger partial charge in [0.05, 0.1) is 24.4 Å². The second-order valence-corrected chi connectivity index (χ2v) is 11.9. The normalized spacial score (nSPS) is 36.2. The number of phenolic OH excluding ortho intramolecular Hbond substituents is 1. The molecule has 2 aliphatic carbocycles. The van der Waals surface area contributed by atoms with Gasteiger partial charge in [-0.25, -0.2) is 0 Å². The van der Waals surface area contributed by atoms with Crippen molar-refractivity contribution in [3.8, 4) is 11.5 Å². The highest BCUT2D eigenvalue weighted by atomic mass is 79.9. The summed E-state index contributed by atoms with van der Waals surface area (Å²) in [6, 6.07) is 3.15. The van der Waals surface area contributed by atoms with E-state index in [0.717, 1.165) is 9.80 Å². The molecule has 2 saturated heterocycles. The summed E-state index contributed by atoms with van der Waals surface area (Å²) in [5.41, 5.74) is 0.708. The number of methoxy groups -OCH3 is 1. The predicted molar refractivity (Wildman–Crippen MR) is 133 cm³/mol. The first-order valence-electron chi connectivity index (χ1n) is 10.8. The van der Waals surface area contributed by atoms with Crippen LogP contribution in [0.4, 0.5) is 0 Å². The molecule has 0 aromatic heterocycles. The zero-order valence-electron chi connectivity index (χ0n) is 18.6. The van der Waals surface area contributed by atoms with Crippen LogP contribution in [0.15, 0.2) is 28.3 Å². The fraction of sp³-hybridized carbons (Fsp3) is 0.478. The monoisotopic (exact) mass is 648 g/mol. The number of imide groups is 2. The van der Waals surface area contributed by atoms with Crippen LogP contribution in [-0.2, 0) is 19.2 Å². The van der Waals surface area contributed by atoms with Gasteiger partial charge in [-0.15, -0.1) is 23.2 Å². The molecule has 5 rings (SSSR count). The van der Waals surface area contributed by atoms with Crippen molar-refractivity contribution >= 4 is 78.7 Å². The van der Waals surface area contributed by atoms with E-state index in [1.807, 2.05) is 6.08 Å². The zero-order valence-corrected chi connectivity index (χ0v) is 23.2. The Labute approximate surface area is 227 Å². The van der Waals surface area contributed by atoms with Crippen LogP contribution in [0.1, 0.15) is 24.3 Å². The Kier molecular flexibility index (Phi) is 5.86. The maximum absolute atomic E-state index is 13.7. The van der Waals surface area contributed by atoms with E-state index < -0.39 is 45.2 Å². The molecule has 1 saturated carbocycles. The number of hydrogen-bond donors (Lipinski definition) is 1. The topological polar surface area (TPSA) is 104 Å². The highest BCUT2D eigenvalue weighted by Crippen LogP contribution is 2.66. The summed E-state index contributed by atoms with van der Waals surface area (Å²) >= 11 is 20.8. The fourth-order valence-electron chi connectivity index (χ4n) is 6.23. The maximum atomic E-state index is 13.7. The van der Waals surface area contributed by atoms with Gasteiger partial charge < -0.3 is 9.84 Å². The predicted octanol–water partition coefficient (Wildman–Crippen LogP) is 3.50. The highest BCUT2D eigenvalue weighted by molar-refractivity contribution is 9.10. The minimum Gasteiger partial charge on any atom is -0.504 e. The number of hydrogen-bond acceptors (Lipinski definition) is 6. The lowest BCUT2D eigenvalue weighted by Crippen LogP contribution is -2.60. The van der Waals surface area contributed by atoms with Gasteiger partial charge in [-0.1, -0.05) is 43.5 Å². The number of rotatable bonds is 3. The number of allylic oxidation sites excluding steroid dienone is 2. The van der Waals surface area contributed by atoms with Crippen molar-refractivity contribution in [3.05, 3.63) is 33.8 Å². The lowest BCUT2D eigenvalue weighted by molar-refractivity contribution is -0.140. The Balaban J connectivity index is 1.80. The molecule has 1 aromatic carbocycles. The number of carbonyl (C=O) groups is 4. The van der Waals surface area contributed by atoms with Gasteiger partial charge in [-0.05, 0) is 30.9 Å². The molecular weight excluding hydrogens is 631 g/mol. The van der Waals surface area contributed by atoms with Crippen molar-refractivity contribution in [2.45, 2.75) is 28.5 Å². The van der Waals surface area contributed by atoms with Crippen LogP contribution >= 0.6 is 55.1 Å². The number of amides is 4. The number of nitrogens with zero attached hydrogens (tertiary/aromatic N) is 2. The summed E-state index contributed by atoms with van der Waals surface area (Å²) in [6.45, 7) is 0. The maximum Gasteiger partial charge on any atom is 0.254 e. The quantitative estimate of drug-likeness (QED) is 0.233. The van der Waals surface area contributed by atoms with Gasteiger partial charge in [0.1, 0.15) is 0 Å². The highest BCUT2D eigenvalue weighted by Gasteiger charge is 2.76. The molecular formula is C23H20Br2Cl2N2O6. The van der Waals surface area contributed by atoms with Gasteiger partial charge in [0.2, 0.25) is 11.8 Å². The summed E-state index contributed by atoms with van der Waals surface area (Å²) < 4.78 is 5.86. The van der Waals surface area contributed by atoms with E-state index in [-0.39, 0.29) is 47.2 Å². The van der Waals surface area contributed by atoms with Gasteiger partial charge in [0.25, 0.3) is 11.8 Å². The van der Waals surface area contributed by atoms with Gasteiger partial charge in [-0.2, -0.15) is 0 Å². The van der Waals surface area contributed by atoms with Crippen LogP contribution in [0.5, 0.6) is 11.5 Å². The molecule has 0 radical (unpaired) electrons. The molecule has 1 aromatic rings. The van der Waals surface area contributed by atoms with Gasteiger partial charge >= 0.3 is 0 Å². The molecule has 4 amide bonds. The first-order chi connectivity index (χ1) is 16.4. The van der Waals surface area contributed by atoms with Crippen LogP contribution in [-0.4, -0.2) is 67.9 Å². The van der Waals surface area contributed by atoms with Crippen molar-refractivity contribution in [1.29, 1.82) is 0 Å². The largest absolute Gasteiger partial charge is 0.504 e. The average Bonchev–Trinajstić information content (AvgIpc) is 3.13. The molecule has 2 heterocycles. The number of benzene rings is 1. The molecule has 2 aliphatic heterocycles. The van der Waals surface area contributed by atoms with Crippen LogP contribution < -0.4 is 4.74 Å². The van der Waals surface area contributed by atoms with Crippen molar-refractivity contribution in [3.63, 3.8) is 0 Å². The van der Waals surface area contributed by atoms with E-state index in [9.17, 15) is 24.3 Å². The number of fused-ring (bicyclic) bond motifs is 4. The lowest BCUT2D eigenvalue weighted by atomic mass is 9.56. The summed E-state index contributed by atoms with van der Waals surface area (Å²) in [5, 5.41) is 11.1. The number of phenols is 1. The summed E-state index contributed by atoms with van der Waals surface area (Å²) in [6.07, 6.45) is 1.97. The second-order valence-electron chi connectivity index (χ2n) is 9.27. The Morgan fingerprint density at radius 1 is 1.14 bits per heavy atom. The molecule has 186 valence electrons. The van der Waals surface area contributed by atoms with E-state index >= 15 is 0 Å². The molecule has 35 heavy (non-hydrogen) atoms. The third kappa shape index (κ3) is 3.03. The zero-order chi connectivity index (χ0) is 25.6. The number of likely N-dealkylation sites (tertiary alicyclic amines) is 2. The molecule has 4 aliphatic rings. The van der Waals surface area contributed by atoms with Crippen LogP contribution in [0.2, 0.25) is 0 Å². The Morgan fingerprint density at radius 3 is 2.46 bits per heavy atom. The smallest absolute Gasteiger partial charge is 0.254 e. The number of carbonyl (C=O) groups excluding carboxylic acids is 4. The first kappa shape index (κ1) is 25.0. The van der Waals surface area contributed by atoms with E-state index in [1.54, 1.807) is 12.1 Å². The van der Waals surface area contributed by atoms with Crippen LogP contribution in [0.25, 0.3) is 0 Å². The molecule has 6 unspecified atom stereocenters. The van der Waals surface area contributed by atoms with Gasteiger partial charge in [-0.3, -0.25) is 29.0 Å². The molecule has 12 heteroatoms. The standard InChI is InChI=1S/C23H20Br2Cl2N2O6/c1-28-18(31)11-4-3-10-13(15(11)19(28)32)7-22(26)20(33)29(8-24)21(34)23(22,27)16(10)12-5-9(25)6-14(35-2)17(12)30/h3,5-6,11,13,15-16,30H,4,7-8H2,1-2H3. The summed E-state index contributed by atoms with van der Waals surface area (Å²) in [4.78, 5) is 51.3. The molecule has 0 bridgehead atoms. The van der Waals surface area contributed by atoms with E-state index in [4.69, 9.17) is 27.9 Å². The number of alkyl halides is 3. The second kappa shape index (κ2) is 8.19. The summed E-state index contributed by atoms with van der Waals surface area (Å²) in [7, 11) is 2.82.